The zero-order valence-electron chi connectivity index (χ0n) is 23.1. The average molecular weight is 557 g/mol. The molecule has 2 saturated carbocycles. The number of nitrogens with zero attached hydrogens (tertiary/aromatic N) is 4. The summed E-state index contributed by atoms with van der Waals surface area (Å²) >= 11 is 1.54. The van der Waals surface area contributed by atoms with E-state index >= 15 is 0 Å². The molecule has 4 atom stereocenters. The zero-order chi connectivity index (χ0) is 27.7. The van der Waals surface area contributed by atoms with Gasteiger partial charge in [-0.05, 0) is 58.9 Å². The summed E-state index contributed by atoms with van der Waals surface area (Å²) < 4.78 is 6.90. The first-order chi connectivity index (χ1) is 18.6. The number of nitrogens with one attached hydrogen (secondary N) is 2. The largest absolute Gasteiger partial charge is 0.390 e. The molecular formula is C28H40N6O4S. The average Bonchev–Trinajstić information content (AvgIpc) is 3.60. The van der Waals surface area contributed by atoms with E-state index in [1.54, 1.807) is 20.0 Å². The molecule has 0 radical (unpaired) electrons. The molecule has 11 heteroatoms. The van der Waals surface area contributed by atoms with Crippen molar-refractivity contribution >= 4 is 33.3 Å². The SMILES string of the molecule is Cc1nc(NCCOCC2CCCC2)nc(N[C@@H]2C[C@H](C(C)(C)O)[C@@H](O)[C@H]2O)c1-c1nc2c(C)nccc2s1. The molecule has 10 nitrogen and oxygen atoms in total. The minimum Gasteiger partial charge on any atom is -0.390 e. The van der Waals surface area contributed by atoms with Crippen molar-refractivity contribution in [2.75, 3.05) is 30.4 Å². The predicted molar refractivity (Wildman–Crippen MR) is 153 cm³/mol. The summed E-state index contributed by atoms with van der Waals surface area (Å²) in [5, 5.41) is 39.5. The van der Waals surface area contributed by atoms with Gasteiger partial charge in [0.1, 0.15) is 22.4 Å². The van der Waals surface area contributed by atoms with Crippen LogP contribution in [0.15, 0.2) is 12.3 Å². The van der Waals surface area contributed by atoms with Gasteiger partial charge in [0.25, 0.3) is 0 Å². The van der Waals surface area contributed by atoms with Gasteiger partial charge in [-0.1, -0.05) is 12.8 Å². The minimum absolute atomic E-state index is 0.384. The number of aryl methyl sites for hydroxylation is 2. The molecule has 2 aliphatic carbocycles. The van der Waals surface area contributed by atoms with Crippen LogP contribution in [-0.4, -0.2) is 78.9 Å². The Balaban J connectivity index is 1.40. The van der Waals surface area contributed by atoms with Gasteiger partial charge in [0.2, 0.25) is 5.95 Å². The van der Waals surface area contributed by atoms with Gasteiger partial charge in [0.05, 0.1) is 46.0 Å². The quantitative estimate of drug-likeness (QED) is 0.234. The van der Waals surface area contributed by atoms with Crippen LogP contribution >= 0.6 is 11.3 Å². The molecule has 3 aromatic rings. The molecule has 2 fully saturated rings. The maximum absolute atomic E-state index is 10.9. The summed E-state index contributed by atoms with van der Waals surface area (Å²) in [6.07, 6.45) is 5.15. The second-order valence-electron chi connectivity index (χ2n) is 11.5. The van der Waals surface area contributed by atoms with Crippen molar-refractivity contribution in [3.8, 4) is 10.6 Å². The smallest absolute Gasteiger partial charge is 0.224 e. The summed E-state index contributed by atoms with van der Waals surface area (Å²) in [5.74, 6) is 1.16. The number of fused-ring (bicyclic) bond motifs is 1. The number of aliphatic hydroxyl groups excluding tert-OH is 2. The lowest BCUT2D eigenvalue weighted by Gasteiger charge is -2.28. The van der Waals surface area contributed by atoms with E-state index < -0.39 is 29.8 Å². The minimum atomic E-state index is -1.13. The molecule has 0 saturated heterocycles. The summed E-state index contributed by atoms with van der Waals surface area (Å²) in [6.45, 7) is 9.10. The Kier molecular flexibility index (Phi) is 8.34. The predicted octanol–water partition coefficient (Wildman–Crippen LogP) is 3.68. The van der Waals surface area contributed by atoms with Crippen LogP contribution < -0.4 is 10.6 Å². The molecular weight excluding hydrogens is 516 g/mol. The molecule has 212 valence electrons. The number of thiazole rings is 1. The van der Waals surface area contributed by atoms with E-state index in [-0.39, 0.29) is 0 Å². The third-order valence-electron chi connectivity index (χ3n) is 8.06. The van der Waals surface area contributed by atoms with Crippen LogP contribution in [0.5, 0.6) is 0 Å². The third-order valence-corrected chi connectivity index (χ3v) is 9.10. The van der Waals surface area contributed by atoms with Crippen molar-refractivity contribution < 1.29 is 20.1 Å². The first-order valence-electron chi connectivity index (χ1n) is 13.9. The van der Waals surface area contributed by atoms with Gasteiger partial charge >= 0.3 is 0 Å². The molecule has 5 N–H and O–H groups in total. The fourth-order valence-corrected chi connectivity index (χ4v) is 6.93. The summed E-state index contributed by atoms with van der Waals surface area (Å²) in [7, 11) is 0. The summed E-state index contributed by atoms with van der Waals surface area (Å²) in [5.41, 5.74) is 2.03. The van der Waals surface area contributed by atoms with E-state index in [1.807, 2.05) is 19.9 Å². The maximum atomic E-state index is 10.9. The lowest BCUT2D eigenvalue weighted by Crippen LogP contribution is -2.40. The van der Waals surface area contributed by atoms with Crippen LogP contribution in [0.1, 0.15) is 57.3 Å². The van der Waals surface area contributed by atoms with E-state index in [0.717, 1.165) is 38.8 Å². The zero-order valence-corrected chi connectivity index (χ0v) is 24.0. The molecule has 0 unspecified atom stereocenters. The van der Waals surface area contributed by atoms with Gasteiger partial charge in [0.15, 0.2) is 0 Å². The normalized spacial score (nSPS) is 24.1. The van der Waals surface area contributed by atoms with E-state index in [4.69, 9.17) is 19.7 Å². The number of ether oxygens (including phenoxy) is 1. The Labute approximate surface area is 233 Å². The van der Waals surface area contributed by atoms with Crippen molar-refractivity contribution in [2.24, 2.45) is 11.8 Å². The number of aliphatic hydroxyl groups is 3. The standard InChI is InChI=1S/C28H40N6O4S/c1-15-21(26-33-22-16(2)29-10-9-20(22)39-26)25(32-19-13-18(28(3,4)37)23(35)24(19)36)34-27(31-15)30-11-12-38-14-17-7-5-6-8-17/h9-10,17-19,23-24,35-37H,5-8,11-14H2,1-4H3,(H2,30,31,32,34)/t18-,19+,23+,24-/m0/s1. The molecule has 0 spiro atoms. The molecule has 39 heavy (non-hydrogen) atoms. The Morgan fingerprint density at radius 1 is 1.08 bits per heavy atom. The lowest BCUT2D eigenvalue weighted by molar-refractivity contribution is -0.0601. The third kappa shape index (κ3) is 6.17. The molecule has 3 aromatic heterocycles. The lowest BCUT2D eigenvalue weighted by atomic mass is 9.88. The van der Waals surface area contributed by atoms with E-state index in [9.17, 15) is 15.3 Å². The van der Waals surface area contributed by atoms with E-state index in [2.05, 4.69) is 15.6 Å². The number of pyridine rings is 1. The second-order valence-corrected chi connectivity index (χ2v) is 12.5. The monoisotopic (exact) mass is 556 g/mol. The molecule has 2 aliphatic rings. The number of anilines is 2. The summed E-state index contributed by atoms with van der Waals surface area (Å²) in [6, 6.07) is 1.43. The highest BCUT2D eigenvalue weighted by Gasteiger charge is 2.48. The maximum Gasteiger partial charge on any atom is 0.224 e. The van der Waals surface area contributed by atoms with Crippen molar-refractivity contribution in [1.29, 1.82) is 0 Å². The Bertz CT molecular complexity index is 1290. The Morgan fingerprint density at radius 2 is 1.85 bits per heavy atom. The van der Waals surface area contributed by atoms with Gasteiger partial charge in [-0.15, -0.1) is 11.3 Å². The number of aromatic nitrogens is 4. The highest BCUT2D eigenvalue weighted by Crippen LogP contribution is 2.40. The molecule has 0 amide bonds. The van der Waals surface area contributed by atoms with Crippen molar-refractivity contribution in [2.45, 2.75) is 83.6 Å². The van der Waals surface area contributed by atoms with Crippen molar-refractivity contribution in [3.63, 3.8) is 0 Å². The molecule has 5 rings (SSSR count). The molecule has 0 aliphatic heterocycles. The van der Waals surface area contributed by atoms with Gasteiger partial charge in [-0.3, -0.25) is 4.98 Å². The van der Waals surface area contributed by atoms with E-state index in [1.165, 1.54) is 37.0 Å². The fraction of sp³-hybridized carbons (Fsp3) is 0.643. The fourth-order valence-electron chi connectivity index (χ4n) is 5.82. The van der Waals surface area contributed by atoms with Gasteiger partial charge in [-0.25, -0.2) is 9.97 Å². The first-order valence-corrected chi connectivity index (χ1v) is 14.7. The van der Waals surface area contributed by atoms with Gasteiger partial charge in [0, 0.05) is 25.3 Å². The number of hydrogen-bond acceptors (Lipinski definition) is 11. The van der Waals surface area contributed by atoms with Crippen LogP contribution in [0.4, 0.5) is 11.8 Å². The highest BCUT2D eigenvalue weighted by atomic mass is 32.1. The summed E-state index contributed by atoms with van der Waals surface area (Å²) in [4.78, 5) is 18.8. The van der Waals surface area contributed by atoms with Gasteiger partial charge < -0.3 is 30.7 Å². The van der Waals surface area contributed by atoms with Crippen LogP contribution in [0.2, 0.25) is 0 Å². The molecule has 0 bridgehead atoms. The Hall–Kier alpha value is -2.44. The van der Waals surface area contributed by atoms with Crippen LogP contribution in [0, 0.1) is 25.7 Å². The van der Waals surface area contributed by atoms with Crippen LogP contribution in [0.3, 0.4) is 0 Å². The van der Waals surface area contributed by atoms with Gasteiger partial charge in [-0.2, -0.15) is 4.98 Å². The van der Waals surface area contributed by atoms with Crippen molar-refractivity contribution in [1.82, 2.24) is 19.9 Å². The number of hydrogen-bond donors (Lipinski definition) is 5. The second kappa shape index (κ2) is 11.6. The highest BCUT2D eigenvalue weighted by molar-refractivity contribution is 7.21. The number of rotatable bonds is 10. The van der Waals surface area contributed by atoms with E-state index in [0.29, 0.717) is 37.3 Å². The van der Waals surface area contributed by atoms with Crippen LogP contribution in [-0.2, 0) is 4.74 Å². The topological polar surface area (TPSA) is 146 Å². The van der Waals surface area contributed by atoms with Crippen molar-refractivity contribution in [3.05, 3.63) is 23.7 Å². The molecule has 3 heterocycles. The van der Waals surface area contributed by atoms with Crippen LogP contribution in [0.25, 0.3) is 20.8 Å². The molecule has 0 aromatic carbocycles. The Morgan fingerprint density at radius 3 is 2.54 bits per heavy atom. The first kappa shape index (κ1) is 28.1.